The third-order valence-electron chi connectivity index (χ3n) is 12.2. The molecule has 7 unspecified atom stereocenters. The molecule has 11 nitrogen and oxygen atoms in total. The molecule has 0 aromatic carbocycles. The van der Waals surface area contributed by atoms with Crippen LogP contribution in [-0.4, -0.2) is 100 Å². The van der Waals surface area contributed by atoms with Crippen LogP contribution in [0, 0.1) is 0 Å². The van der Waals surface area contributed by atoms with Crippen molar-refractivity contribution in [2.75, 3.05) is 19.8 Å². The van der Waals surface area contributed by atoms with Crippen molar-refractivity contribution in [1.29, 1.82) is 0 Å². The van der Waals surface area contributed by atoms with Gasteiger partial charge in [-0.3, -0.25) is 9.59 Å². The minimum absolute atomic E-state index is 0.0425. The number of unbranched alkanes of at least 4 members (excludes halogenated alkanes) is 26. The first-order valence-corrected chi connectivity index (χ1v) is 26.3. The average molecular weight is 908 g/mol. The molecule has 0 aromatic rings. The van der Waals surface area contributed by atoms with Gasteiger partial charge in [0.05, 0.1) is 32.0 Å². The maximum atomic E-state index is 13.0. The highest BCUT2D eigenvalue weighted by Gasteiger charge is 2.44. The molecule has 1 aliphatic rings. The molecule has 374 valence electrons. The van der Waals surface area contributed by atoms with Crippen molar-refractivity contribution in [2.45, 2.75) is 269 Å². The number of carbonyl (C=O) groups excluding carboxylic acids is 2. The summed E-state index contributed by atoms with van der Waals surface area (Å²) in [6, 6.07) is -0.848. The van der Waals surface area contributed by atoms with Crippen molar-refractivity contribution < 1.29 is 49.3 Å². The lowest BCUT2D eigenvalue weighted by Gasteiger charge is -2.40. The molecule has 1 saturated heterocycles. The fourth-order valence-electron chi connectivity index (χ4n) is 7.99. The summed E-state index contributed by atoms with van der Waals surface area (Å²) < 4.78 is 16.6. The van der Waals surface area contributed by atoms with Gasteiger partial charge in [-0.25, -0.2) is 0 Å². The number of nitrogens with one attached hydrogen (secondary N) is 1. The van der Waals surface area contributed by atoms with Crippen LogP contribution in [0.5, 0.6) is 0 Å². The van der Waals surface area contributed by atoms with E-state index in [0.29, 0.717) is 25.9 Å². The van der Waals surface area contributed by atoms with Crippen molar-refractivity contribution in [3.8, 4) is 0 Å². The van der Waals surface area contributed by atoms with Gasteiger partial charge in [0.15, 0.2) is 6.29 Å². The number of hydrogen-bond acceptors (Lipinski definition) is 10. The van der Waals surface area contributed by atoms with Crippen LogP contribution in [0.2, 0.25) is 0 Å². The fourth-order valence-corrected chi connectivity index (χ4v) is 7.99. The number of aliphatic hydroxyl groups excluding tert-OH is 5. The van der Waals surface area contributed by atoms with Gasteiger partial charge in [0.1, 0.15) is 24.4 Å². The first-order valence-electron chi connectivity index (χ1n) is 26.3. The Hall–Kier alpha value is -2.12. The Labute approximate surface area is 390 Å². The summed E-state index contributed by atoms with van der Waals surface area (Å²) in [5.74, 6) is -0.258. The molecule has 0 radical (unpaired) electrons. The normalized spacial score (nSPS) is 20.1. The summed E-state index contributed by atoms with van der Waals surface area (Å²) >= 11 is 0. The monoisotopic (exact) mass is 908 g/mol. The van der Waals surface area contributed by atoms with Gasteiger partial charge in [-0.15, -0.1) is 0 Å². The number of ether oxygens (including phenoxy) is 3. The molecule has 0 spiro atoms. The Bertz CT molecular complexity index is 1160. The molecule has 7 atom stereocenters. The van der Waals surface area contributed by atoms with E-state index in [9.17, 15) is 35.1 Å². The molecule has 1 aliphatic heterocycles. The second-order valence-electron chi connectivity index (χ2n) is 18.2. The molecular formula is C53H97NO10. The van der Waals surface area contributed by atoms with Crippen LogP contribution >= 0.6 is 0 Å². The lowest BCUT2D eigenvalue weighted by atomic mass is 9.99. The zero-order chi connectivity index (χ0) is 46.7. The van der Waals surface area contributed by atoms with Crippen LogP contribution in [0.25, 0.3) is 0 Å². The van der Waals surface area contributed by atoms with Crippen LogP contribution in [-0.2, 0) is 23.8 Å². The van der Waals surface area contributed by atoms with Gasteiger partial charge in [-0.05, 0) is 57.8 Å². The van der Waals surface area contributed by atoms with Crippen molar-refractivity contribution in [1.82, 2.24) is 5.32 Å². The zero-order valence-corrected chi connectivity index (χ0v) is 40.7. The Morgan fingerprint density at radius 1 is 0.562 bits per heavy atom. The summed E-state index contributed by atoms with van der Waals surface area (Å²) in [5.41, 5.74) is 0. The summed E-state index contributed by atoms with van der Waals surface area (Å²) in [6.07, 6.45) is 40.7. The van der Waals surface area contributed by atoms with E-state index < -0.39 is 49.5 Å². The predicted molar refractivity (Wildman–Crippen MR) is 260 cm³/mol. The van der Waals surface area contributed by atoms with E-state index >= 15 is 0 Å². The molecular weight excluding hydrogens is 811 g/mol. The maximum Gasteiger partial charge on any atom is 0.305 e. The van der Waals surface area contributed by atoms with E-state index in [4.69, 9.17) is 14.2 Å². The van der Waals surface area contributed by atoms with Gasteiger partial charge in [0, 0.05) is 12.8 Å². The minimum atomic E-state index is -1.59. The average Bonchev–Trinajstić information content (AvgIpc) is 3.29. The Balaban J connectivity index is 2.24. The Kier molecular flexibility index (Phi) is 40.7. The smallest absolute Gasteiger partial charge is 0.305 e. The van der Waals surface area contributed by atoms with Crippen LogP contribution in [0.15, 0.2) is 36.5 Å². The standard InChI is InChI=1S/C53H97NO10/c1-3-5-7-9-11-13-15-16-17-20-23-27-31-35-39-46(56)45(44-63-53-52(61)51(60)50(59)47(43-55)64-53)54-48(57)40-36-32-28-24-21-18-22-26-30-34-38-42-62-49(58)41-37-33-29-25-19-14-12-10-8-6-4-2/h13,15,20,23,35,39,45-47,50-53,55-56,59-61H,3-12,14,16-19,21-22,24-34,36-38,40-44H2,1-2H3,(H,54,57)/b15-13+,23-20+,39-35+. The van der Waals surface area contributed by atoms with E-state index in [1.165, 1.54) is 116 Å². The van der Waals surface area contributed by atoms with E-state index in [1.54, 1.807) is 6.08 Å². The number of aliphatic hydroxyl groups is 5. The second kappa shape index (κ2) is 43.5. The zero-order valence-electron chi connectivity index (χ0n) is 40.7. The van der Waals surface area contributed by atoms with Gasteiger partial charge in [0.25, 0.3) is 0 Å². The number of amides is 1. The molecule has 64 heavy (non-hydrogen) atoms. The van der Waals surface area contributed by atoms with Crippen LogP contribution in [0.4, 0.5) is 0 Å². The topological polar surface area (TPSA) is 175 Å². The predicted octanol–water partition coefficient (Wildman–Crippen LogP) is 10.8. The quantitative estimate of drug-likeness (QED) is 0.0196. The van der Waals surface area contributed by atoms with Crippen molar-refractivity contribution >= 4 is 11.9 Å². The minimum Gasteiger partial charge on any atom is -0.466 e. The van der Waals surface area contributed by atoms with Gasteiger partial charge >= 0.3 is 5.97 Å². The van der Waals surface area contributed by atoms with Crippen LogP contribution in [0.3, 0.4) is 0 Å². The molecule has 1 rings (SSSR count). The maximum absolute atomic E-state index is 13.0. The third-order valence-corrected chi connectivity index (χ3v) is 12.2. The molecule has 0 saturated carbocycles. The summed E-state index contributed by atoms with van der Waals surface area (Å²) in [6.45, 7) is 4.22. The summed E-state index contributed by atoms with van der Waals surface area (Å²) in [7, 11) is 0. The number of hydrogen-bond donors (Lipinski definition) is 6. The second-order valence-corrected chi connectivity index (χ2v) is 18.2. The van der Waals surface area contributed by atoms with E-state index in [2.05, 4.69) is 43.5 Å². The molecule has 0 aliphatic carbocycles. The highest BCUT2D eigenvalue weighted by molar-refractivity contribution is 5.76. The van der Waals surface area contributed by atoms with Gasteiger partial charge in [-0.2, -0.15) is 0 Å². The summed E-state index contributed by atoms with van der Waals surface area (Å²) in [5, 5.41) is 54.2. The number of rotatable bonds is 44. The van der Waals surface area contributed by atoms with Crippen molar-refractivity contribution in [2.24, 2.45) is 0 Å². The van der Waals surface area contributed by atoms with Gasteiger partial charge in [0.2, 0.25) is 5.91 Å². The van der Waals surface area contributed by atoms with Gasteiger partial charge in [-0.1, -0.05) is 192 Å². The van der Waals surface area contributed by atoms with Crippen LogP contribution in [0.1, 0.15) is 226 Å². The highest BCUT2D eigenvalue weighted by atomic mass is 16.7. The molecule has 1 heterocycles. The first-order chi connectivity index (χ1) is 31.2. The molecule has 1 amide bonds. The lowest BCUT2D eigenvalue weighted by Crippen LogP contribution is -2.60. The van der Waals surface area contributed by atoms with E-state index in [-0.39, 0.29) is 18.5 Å². The fraction of sp³-hybridized carbons (Fsp3) is 0.849. The lowest BCUT2D eigenvalue weighted by molar-refractivity contribution is -0.302. The SMILES string of the molecule is CCCCCC/C=C/CC/C=C/CC/C=C/C(O)C(COC1OC(CO)C(O)C(O)C1O)NC(=O)CCCCCCCCCCCCCOC(=O)CCCCCCCCCCCCC. The van der Waals surface area contributed by atoms with Crippen molar-refractivity contribution in [3.05, 3.63) is 36.5 Å². The van der Waals surface area contributed by atoms with Crippen LogP contribution < -0.4 is 5.32 Å². The third kappa shape index (κ3) is 33.4. The summed E-state index contributed by atoms with van der Waals surface area (Å²) in [4.78, 5) is 25.0. The molecule has 11 heteroatoms. The van der Waals surface area contributed by atoms with E-state index in [1.807, 2.05) is 6.08 Å². The molecule has 6 N–H and O–H groups in total. The number of allylic oxidation sites excluding steroid dienone is 5. The number of esters is 1. The largest absolute Gasteiger partial charge is 0.466 e. The highest BCUT2D eigenvalue weighted by Crippen LogP contribution is 2.23. The molecule has 1 fully saturated rings. The van der Waals surface area contributed by atoms with Crippen molar-refractivity contribution in [3.63, 3.8) is 0 Å². The number of carbonyl (C=O) groups is 2. The first kappa shape index (κ1) is 59.9. The molecule has 0 bridgehead atoms. The molecule has 0 aromatic heterocycles. The van der Waals surface area contributed by atoms with E-state index in [0.717, 1.165) is 77.0 Å². The Morgan fingerprint density at radius 3 is 1.55 bits per heavy atom. The van der Waals surface area contributed by atoms with Gasteiger partial charge < -0.3 is 45.1 Å². The Morgan fingerprint density at radius 2 is 1.02 bits per heavy atom.